The number of hydrogen-bond acceptors (Lipinski definition) is 4. The normalized spacial score (nSPS) is 20.5. The van der Waals surface area contributed by atoms with Crippen LogP contribution in [0.15, 0.2) is 24.5 Å². The molecule has 0 radical (unpaired) electrons. The Balaban J connectivity index is 0.00000220. The van der Waals surface area contributed by atoms with Crippen LogP contribution in [0, 0.1) is 0 Å². The van der Waals surface area contributed by atoms with E-state index in [0.29, 0.717) is 19.6 Å². The summed E-state index contributed by atoms with van der Waals surface area (Å²) >= 11 is 0. The van der Waals surface area contributed by atoms with Crippen molar-refractivity contribution in [2.75, 3.05) is 26.7 Å². The molecule has 2 heterocycles. The molecule has 6 nitrogen and oxygen atoms in total. The first-order valence-corrected chi connectivity index (χ1v) is 8.19. The summed E-state index contributed by atoms with van der Waals surface area (Å²) in [5.74, 6) is 0. The first-order valence-electron chi connectivity index (χ1n) is 6.80. The van der Waals surface area contributed by atoms with Crippen LogP contribution in [-0.2, 0) is 10.2 Å². The van der Waals surface area contributed by atoms with Gasteiger partial charge in [0.2, 0.25) is 0 Å². The molecule has 21 heavy (non-hydrogen) atoms. The van der Waals surface area contributed by atoms with Gasteiger partial charge in [0.1, 0.15) is 0 Å². The maximum absolute atomic E-state index is 12.7. The highest BCUT2D eigenvalue weighted by Gasteiger charge is 2.36. The largest absolute Gasteiger partial charge is 0.313 e. The average Bonchev–Trinajstić information content (AvgIpc) is 2.47. The summed E-state index contributed by atoms with van der Waals surface area (Å²) in [6, 6.07) is 3.48. The fourth-order valence-electron chi connectivity index (χ4n) is 2.25. The zero-order valence-corrected chi connectivity index (χ0v) is 14.2. The second-order valence-corrected chi connectivity index (χ2v) is 7.18. The Labute approximate surface area is 133 Å². The minimum absolute atomic E-state index is 0. The molecule has 1 aromatic rings. The Kier molecular flexibility index (Phi) is 6.55. The van der Waals surface area contributed by atoms with Gasteiger partial charge in [-0.15, -0.1) is 12.4 Å². The molecule has 0 aromatic carbocycles. The topological polar surface area (TPSA) is 65.5 Å². The van der Waals surface area contributed by atoms with Crippen LogP contribution in [-0.4, -0.2) is 54.7 Å². The minimum atomic E-state index is -3.46. The van der Waals surface area contributed by atoms with Gasteiger partial charge in [0.25, 0.3) is 10.2 Å². The lowest BCUT2D eigenvalue weighted by Crippen LogP contribution is -2.53. The summed E-state index contributed by atoms with van der Waals surface area (Å²) in [4.78, 5) is 4.09. The molecular weight excluding hydrogens is 312 g/mol. The third kappa shape index (κ3) is 3.92. The quantitative estimate of drug-likeness (QED) is 0.893. The van der Waals surface area contributed by atoms with E-state index in [1.807, 2.05) is 26.0 Å². The second-order valence-electron chi connectivity index (χ2n) is 5.23. The average molecular weight is 335 g/mol. The third-order valence-corrected chi connectivity index (χ3v) is 5.83. The van der Waals surface area contributed by atoms with Crippen molar-refractivity contribution in [2.45, 2.75) is 25.9 Å². The summed E-state index contributed by atoms with van der Waals surface area (Å²) in [6.07, 6.45) is 3.42. The number of halogens is 1. The van der Waals surface area contributed by atoms with Crippen molar-refractivity contribution >= 4 is 22.6 Å². The smallest absolute Gasteiger partial charge is 0.282 e. The maximum Gasteiger partial charge on any atom is 0.282 e. The van der Waals surface area contributed by atoms with Crippen molar-refractivity contribution in [3.05, 3.63) is 30.1 Å². The minimum Gasteiger partial charge on any atom is -0.313 e. The zero-order chi connectivity index (χ0) is 14.8. The fraction of sp³-hybridized carbons (Fsp3) is 0.615. The van der Waals surface area contributed by atoms with E-state index in [2.05, 4.69) is 10.3 Å². The molecule has 1 fully saturated rings. The van der Waals surface area contributed by atoms with Crippen LogP contribution in [0.3, 0.4) is 0 Å². The Morgan fingerprint density at radius 1 is 1.48 bits per heavy atom. The van der Waals surface area contributed by atoms with Gasteiger partial charge in [0.15, 0.2) is 0 Å². The van der Waals surface area contributed by atoms with Crippen molar-refractivity contribution in [1.82, 2.24) is 18.9 Å². The number of pyridine rings is 1. The summed E-state index contributed by atoms with van der Waals surface area (Å²) in [7, 11) is -1.83. The number of nitrogens with one attached hydrogen (secondary N) is 1. The van der Waals surface area contributed by atoms with Gasteiger partial charge in [-0.25, -0.2) is 0 Å². The lowest BCUT2D eigenvalue weighted by atomic mass is 10.1. The van der Waals surface area contributed by atoms with Crippen molar-refractivity contribution < 1.29 is 8.42 Å². The molecule has 1 saturated heterocycles. The van der Waals surface area contributed by atoms with Gasteiger partial charge in [0.05, 0.1) is 6.04 Å². The van der Waals surface area contributed by atoms with E-state index in [4.69, 9.17) is 0 Å². The highest BCUT2D eigenvalue weighted by atomic mass is 35.5. The molecule has 1 aromatic heterocycles. The highest BCUT2D eigenvalue weighted by molar-refractivity contribution is 7.86. The first kappa shape index (κ1) is 18.3. The van der Waals surface area contributed by atoms with Crippen LogP contribution < -0.4 is 5.32 Å². The predicted octanol–water partition coefficient (Wildman–Crippen LogP) is 1.03. The second kappa shape index (κ2) is 7.51. The van der Waals surface area contributed by atoms with Gasteiger partial charge in [-0.2, -0.15) is 17.0 Å². The number of hydrogen-bond donors (Lipinski definition) is 1. The molecule has 2 rings (SSSR count). The van der Waals surface area contributed by atoms with Crippen molar-refractivity contribution in [1.29, 1.82) is 0 Å². The standard InChI is InChI=1S/C13H22N4O2S.ClH/c1-11(2)16(3)20(18,19)17-8-7-15-10-13(17)12-5-4-6-14-9-12;/h4-6,9,11,13,15H,7-8,10H2,1-3H3;1H. The fourth-order valence-corrected chi connectivity index (χ4v) is 3.95. The van der Waals surface area contributed by atoms with Crippen LogP contribution in [0.2, 0.25) is 0 Å². The van der Waals surface area contributed by atoms with Gasteiger partial charge in [0, 0.05) is 45.1 Å². The summed E-state index contributed by atoms with van der Waals surface area (Å²) in [6.45, 7) is 5.50. The van der Waals surface area contributed by atoms with E-state index in [0.717, 1.165) is 5.56 Å². The van der Waals surface area contributed by atoms with E-state index < -0.39 is 10.2 Å². The van der Waals surface area contributed by atoms with Gasteiger partial charge in [-0.3, -0.25) is 4.98 Å². The number of aromatic nitrogens is 1. The molecule has 0 spiro atoms. The summed E-state index contributed by atoms with van der Waals surface area (Å²) < 4.78 is 28.4. The third-order valence-electron chi connectivity index (χ3n) is 3.65. The summed E-state index contributed by atoms with van der Waals surface area (Å²) in [5, 5.41) is 3.25. The van der Waals surface area contributed by atoms with E-state index in [9.17, 15) is 8.42 Å². The molecule has 1 N–H and O–H groups in total. The predicted molar refractivity (Wildman–Crippen MR) is 85.6 cm³/mol. The SMILES string of the molecule is CC(C)N(C)S(=O)(=O)N1CCNCC1c1cccnc1.Cl. The maximum atomic E-state index is 12.7. The molecule has 120 valence electrons. The Hall–Kier alpha value is -0.730. The zero-order valence-electron chi connectivity index (χ0n) is 12.6. The Morgan fingerprint density at radius 2 is 2.19 bits per heavy atom. The van der Waals surface area contributed by atoms with Gasteiger partial charge in [-0.1, -0.05) is 6.07 Å². The highest BCUT2D eigenvalue weighted by Crippen LogP contribution is 2.26. The molecular formula is C13H23ClN4O2S. The molecule has 0 amide bonds. The monoisotopic (exact) mass is 334 g/mol. The van der Waals surface area contributed by atoms with E-state index >= 15 is 0 Å². The van der Waals surface area contributed by atoms with Crippen LogP contribution >= 0.6 is 12.4 Å². The number of rotatable bonds is 4. The van der Waals surface area contributed by atoms with Crippen LogP contribution in [0.5, 0.6) is 0 Å². The van der Waals surface area contributed by atoms with Crippen molar-refractivity contribution in [3.8, 4) is 0 Å². The van der Waals surface area contributed by atoms with E-state index in [1.165, 1.54) is 4.31 Å². The summed E-state index contributed by atoms with van der Waals surface area (Å²) in [5.41, 5.74) is 0.917. The Morgan fingerprint density at radius 3 is 2.76 bits per heavy atom. The van der Waals surface area contributed by atoms with Crippen LogP contribution in [0.1, 0.15) is 25.5 Å². The molecule has 0 saturated carbocycles. The molecule has 1 aliphatic rings. The van der Waals surface area contributed by atoms with Crippen LogP contribution in [0.4, 0.5) is 0 Å². The number of nitrogens with zero attached hydrogens (tertiary/aromatic N) is 3. The van der Waals surface area contributed by atoms with Gasteiger partial charge >= 0.3 is 0 Å². The van der Waals surface area contributed by atoms with Crippen molar-refractivity contribution in [2.24, 2.45) is 0 Å². The van der Waals surface area contributed by atoms with Gasteiger partial charge in [-0.05, 0) is 25.5 Å². The number of piperazine rings is 1. The molecule has 1 unspecified atom stereocenters. The van der Waals surface area contributed by atoms with Crippen LogP contribution in [0.25, 0.3) is 0 Å². The molecule has 0 aliphatic carbocycles. The molecule has 1 atom stereocenters. The van der Waals surface area contributed by atoms with Gasteiger partial charge < -0.3 is 5.32 Å². The lowest BCUT2D eigenvalue weighted by molar-refractivity contribution is 0.245. The lowest BCUT2D eigenvalue weighted by Gasteiger charge is -2.38. The van der Waals surface area contributed by atoms with Crippen molar-refractivity contribution in [3.63, 3.8) is 0 Å². The molecule has 0 bridgehead atoms. The van der Waals surface area contributed by atoms with E-state index in [1.54, 1.807) is 23.7 Å². The Bertz CT molecular complexity index is 538. The molecule has 1 aliphatic heterocycles. The molecule has 8 heteroatoms. The first-order chi connectivity index (χ1) is 9.44. The van der Waals surface area contributed by atoms with E-state index in [-0.39, 0.29) is 24.5 Å².